The van der Waals surface area contributed by atoms with Crippen LogP contribution in [0.4, 0.5) is 5.95 Å². The van der Waals surface area contributed by atoms with Gasteiger partial charge in [0.1, 0.15) is 0 Å². The molecule has 1 fully saturated rings. The molecule has 2 unspecified atom stereocenters. The molecule has 1 aromatic rings. The highest BCUT2D eigenvalue weighted by Gasteiger charge is 2.32. The smallest absolute Gasteiger partial charge is 0.222 e. The molecule has 1 heterocycles. The van der Waals surface area contributed by atoms with Crippen molar-refractivity contribution in [1.29, 1.82) is 0 Å². The van der Waals surface area contributed by atoms with Crippen LogP contribution < -0.4 is 5.32 Å². The van der Waals surface area contributed by atoms with Crippen molar-refractivity contribution >= 4 is 5.95 Å². The van der Waals surface area contributed by atoms with E-state index in [0.717, 1.165) is 11.9 Å². The average molecular weight is 149 g/mol. The van der Waals surface area contributed by atoms with Crippen LogP contribution in [-0.2, 0) is 0 Å². The molecule has 1 saturated carbocycles. The third-order valence-corrected chi connectivity index (χ3v) is 1.99. The van der Waals surface area contributed by atoms with Crippen LogP contribution in [0.25, 0.3) is 0 Å². The zero-order valence-electron chi connectivity index (χ0n) is 6.49. The van der Waals surface area contributed by atoms with Gasteiger partial charge in [-0.1, -0.05) is 6.92 Å². The summed E-state index contributed by atoms with van der Waals surface area (Å²) in [6.45, 7) is 2.22. The first-order chi connectivity index (χ1) is 5.36. The first-order valence-corrected chi connectivity index (χ1v) is 3.90. The maximum Gasteiger partial charge on any atom is 0.222 e. The first kappa shape index (κ1) is 6.58. The van der Waals surface area contributed by atoms with Crippen molar-refractivity contribution in [1.82, 2.24) is 9.97 Å². The zero-order valence-corrected chi connectivity index (χ0v) is 6.49. The van der Waals surface area contributed by atoms with E-state index in [0.29, 0.717) is 6.04 Å². The van der Waals surface area contributed by atoms with Crippen LogP contribution in [0.2, 0.25) is 0 Å². The SMILES string of the molecule is CC1CC1Nc1ncccn1. The van der Waals surface area contributed by atoms with E-state index >= 15 is 0 Å². The maximum atomic E-state index is 4.07. The molecule has 0 saturated heterocycles. The molecular weight excluding hydrogens is 138 g/mol. The van der Waals surface area contributed by atoms with Gasteiger partial charge in [-0.3, -0.25) is 0 Å². The van der Waals surface area contributed by atoms with Crippen molar-refractivity contribution in [2.24, 2.45) is 5.92 Å². The van der Waals surface area contributed by atoms with Gasteiger partial charge in [0, 0.05) is 18.4 Å². The minimum atomic E-state index is 0.609. The van der Waals surface area contributed by atoms with E-state index in [1.807, 2.05) is 6.07 Å². The van der Waals surface area contributed by atoms with E-state index in [-0.39, 0.29) is 0 Å². The van der Waals surface area contributed by atoms with E-state index in [1.165, 1.54) is 6.42 Å². The minimum Gasteiger partial charge on any atom is -0.351 e. The molecule has 1 N–H and O–H groups in total. The lowest BCUT2D eigenvalue weighted by atomic mass is 10.5. The molecule has 0 radical (unpaired) electrons. The van der Waals surface area contributed by atoms with E-state index in [2.05, 4.69) is 22.2 Å². The second kappa shape index (κ2) is 2.49. The Labute approximate surface area is 65.9 Å². The van der Waals surface area contributed by atoms with Gasteiger partial charge < -0.3 is 5.32 Å². The summed E-state index contributed by atoms with van der Waals surface area (Å²) in [6, 6.07) is 2.43. The van der Waals surface area contributed by atoms with Gasteiger partial charge in [-0.25, -0.2) is 9.97 Å². The summed E-state index contributed by atoms with van der Waals surface area (Å²) >= 11 is 0. The summed E-state index contributed by atoms with van der Waals surface area (Å²) in [6.07, 6.45) is 4.75. The lowest BCUT2D eigenvalue weighted by molar-refractivity contribution is 0.914. The normalized spacial score (nSPS) is 28.1. The number of hydrogen-bond donors (Lipinski definition) is 1. The maximum absolute atomic E-state index is 4.07. The van der Waals surface area contributed by atoms with Crippen molar-refractivity contribution in [2.75, 3.05) is 5.32 Å². The van der Waals surface area contributed by atoms with E-state index in [9.17, 15) is 0 Å². The van der Waals surface area contributed by atoms with E-state index in [4.69, 9.17) is 0 Å². The standard InChI is InChI=1S/C8H11N3/c1-6-5-7(6)11-8-9-3-2-4-10-8/h2-4,6-7H,5H2,1H3,(H,9,10,11). The Morgan fingerprint density at radius 3 is 2.64 bits per heavy atom. The summed E-state index contributed by atoms with van der Waals surface area (Å²) in [5.41, 5.74) is 0. The Bertz CT molecular complexity index is 234. The molecule has 2 atom stereocenters. The molecular formula is C8H11N3. The summed E-state index contributed by atoms with van der Waals surface area (Å²) in [7, 11) is 0. The Kier molecular flexibility index (Phi) is 1.49. The fourth-order valence-electron chi connectivity index (χ4n) is 1.06. The van der Waals surface area contributed by atoms with Crippen molar-refractivity contribution < 1.29 is 0 Å². The molecule has 0 bridgehead atoms. The van der Waals surface area contributed by atoms with Crippen LogP contribution in [0.3, 0.4) is 0 Å². The Morgan fingerprint density at radius 1 is 1.45 bits per heavy atom. The minimum absolute atomic E-state index is 0.609. The quantitative estimate of drug-likeness (QED) is 0.688. The van der Waals surface area contributed by atoms with Gasteiger partial charge in [0.15, 0.2) is 0 Å². The molecule has 1 aromatic heterocycles. The number of nitrogens with zero attached hydrogens (tertiary/aromatic N) is 2. The van der Waals surface area contributed by atoms with E-state index in [1.54, 1.807) is 12.4 Å². The monoisotopic (exact) mass is 149 g/mol. The molecule has 1 aliphatic rings. The van der Waals surface area contributed by atoms with Crippen LogP contribution in [0.1, 0.15) is 13.3 Å². The third-order valence-electron chi connectivity index (χ3n) is 1.99. The topological polar surface area (TPSA) is 37.8 Å². The molecule has 3 heteroatoms. The van der Waals surface area contributed by atoms with Crippen LogP contribution in [-0.4, -0.2) is 16.0 Å². The third kappa shape index (κ3) is 1.48. The van der Waals surface area contributed by atoms with E-state index < -0.39 is 0 Å². The van der Waals surface area contributed by atoms with Gasteiger partial charge >= 0.3 is 0 Å². The predicted molar refractivity (Wildman–Crippen MR) is 43.2 cm³/mol. The Hall–Kier alpha value is -1.12. The van der Waals surface area contributed by atoms with Crippen LogP contribution >= 0.6 is 0 Å². The molecule has 0 aromatic carbocycles. The predicted octanol–water partition coefficient (Wildman–Crippen LogP) is 1.30. The molecule has 0 spiro atoms. The lowest BCUT2D eigenvalue weighted by Gasteiger charge is -1.99. The molecule has 11 heavy (non-hydrogen) atoms. The molecule has 0 aliphatic heterocycles. The highest BCUT2D eigenvalue weighted by atomic mass is 15.1. The van der Waals surface area contributed by atoms with Crippen LogP contribution in [0.5, 0.6) is 0 Å². The van der Waals surface area contributed by atoms with Crippen molar-refractivity contribution in [3.05, 3.63) is 18.5 Å². The van der Waals surface area contributed by atoms with Gasteiger partial charge in [0.25, 0.3) is 0 Å². The zero-order chi connectivity index (χ0) is 7.68. The largest absolute Gasteiger partial charge is 0.351 e. The number of nitrogens with one attached hydrogen (secondary N) is 1. The summed E-state index contributed by atoms with van der Waals surface area (Å²) in [5.74, 6) is 1.54. The van der Waals surface area contributed by atoms with Gasteiger partial charge in [-0.15, -0.1) is 0 Å². The highest BCUT2D eigenvalue weighted by molar-refractivity contribution is 5.27. The second-order valence-corrected chi connectivity index (χ2v) is 3.04. The van der Waals surface area contributed by atoms with Crippen molar-refractivity contribution in [3.63, 3.8) is 0 Å². The van der Waals surface area contributed by atoms with Crippen molar-refractivity contribution in [3.8, 4) is 0 Å². The molecule has 2 rings (SSSR count). The Balaban J connectivity index is 1.97. The molecule has 0 amide bonds. The fraction of sp³-hybridized carbons (Fsp3) is 0.500. The molecule has 58 valence electrons. The number of rotatable bonds is 2. The Morgan fingerprint density at radius 2 is 2.09 bits per heavy atom. The number of aromatic nitrogens is 2. The lowest BCUT2D eigenvalue weighted by Crippen LogP contribution is -2.06. The second-order valence-electron chi connectivity index (χ2n) is 3.04. The van der Waals surface area contributed by atoms with Gasteiger partial charge in [-0.2, -0.15) is 0 Å². The van der Waals surface area contributed by atoms with Crippen molar-refractivity contribution in [2.45, 2.75) is 19.4 Å². The highest BCUT2D eigenvalue weighted by Crippen LogP contribution is 2.31. The average Bonchev–Trinajstić information content (AvgIpc) is 2.69. The number of hydrogen-bond acceptors (Lipinski definition) is 3. The van der Waals surface area contributed by atoms with Gasteiger partial charge in [-0.05, 0) is 18.4 Å². The van der Waals surface area contributed by atoms with Crippen LogP contribution in [0.15, 0.2) is 18.5 Å². The van der Waals surface area contributed by atoms with Crippen LogP contribution in [0, 0.1) is 5.92 Å². The fourth-order valence-corrected chi connectivity index (χ4v) is 1.06. The summed E-state index contributed by atoms with van der Waals surface area (Å²) < 4.78 is 0. The number of anilines is 1. The molecule has 1 aliphatic carbocycles. The molecule has 3 nitrogen and oxygen atoms in total. The first-order valence-electron chi connectivity index (χ1n) is 3.90. The van der Waals surface area contributed by atoms with Gasteiger partial charge in [0.05, 0.1) is 0 Å². The summed E-state index contributed by atoms with van der Waals surface area (Å²) in [5, 5.41) is 3.24. The summed E-state index contributed by atoms with van der Waals surface area (Å²) in [4.78, 5) is 8.14. The van der Waals surface area contributed by atoms with Gasteiger partial charge in [0.2, 0.25) is 5.95 Å².